The van der Waals surface area contributed by atoms with Gasteiger partial charge in [-0.1, -0.05) is 36.8 Å². The second-order valence-corrected chi connectivity index (χ2v) is 8.94. The zero-order valence-electron chi connectivity index (χ0n) is 19.9. The highest BCUT2D eigenvalue weighted by molar-refractivity contribution is 5.81. The number of halogens is 1. The van der Waals surface area contributed by atoms with Crippen LogP contribution >= 0.6 is 0 Å². The largest absolute Gasteiger partial charge is 0.494 e. The first kappa shape index (κ1) is 24.1. The van der Waals surface area contributed by atoms with Crippen LogP contribution in [0, 0.1) is 5.82 Å². The van der Waals surface area contributed by atoms with Gasteiger partial charge in [0.2, 0.25) is 0 Å². The summed E-state index contributed by atoms with van der Waals surface area (Å²) in [5.41, 5.74) is 4.86. The third kappa shape index (κ3) is 6.73. The molecule has 0 atom stereocenters. The van der Waals surface area contributed by atoms with Gasteiger partial charge in [-0.15, -0.1) is 0 Å². The maximum Gasteiger partial charge on any atom is 0.139 e. The van der Waals surface area contributed by atoms with E-state index in [4.69, 9.17) is 9.72 Å². The fraction of sp³-hybridized carbons (Fsp3) is 0.379. The first-order valence-corrected chi connectivity index (χ1v) is 12.3. The van der Waals surface area contributed by atoms with Crippen molar-refractivity contribution < 1.29 is 13.9 Å². The lowest BCUT2D eigenvalue weighted by Gasteiger charge is -2.27. The fourth-order valence-corrected chi connectivity index (χ4v) is 4.52. The van der Waals surface area contributed by atoms with Crippen molar-refractivity contribution in [2.24, 2.45) is 0 Å². The number of Topliss-reactive ketones (excluding diaryl/α,β-unsaturated/α-hetero) is 1. The summed E-state index contributed by atoms with van der Waals surface area (Å²) >= 11 is 0. The number of hydrogen-bond acceptors (Lipinski definition) is 4. The number of aromatic nitrogens is 1. The van der Waals surface area contributed by atoms with E-state index in [2.05, 4.69) is 23.1 Å². The van der Waals surface area contributed by atoms with Crippen LogP contribution in [0.1, 0.15) is 49.6 Å². The Morgan fingerprint density at radius 1 is 1.03 bits per heavy atom. The van der Waals surface area contributed by atoms with Gasteiger partial charge in [-0.3, -0.25) is 14.7 Å². The number of benzene rings is 2. The highest BCUT2D eigenvalue weighted by atomic mass is 19.1. The van der Waals surface area contributed by atoms with Gasteiger partial charge in [0.1, 0.15) is 17.3 Å². The molecule has 0 amide bonds. The smallest absolute Gasteiger partial charge is 0.139 e. The fourth-order valence-electron chi connectivity index (χ4n) is 4.52. The van der Waals surface area contributed by atoms with Gasteiger partial charge in [0.25, 0.3) is 0 Å². The number of ether oxygens (including phenoxy) is 1. The van der Waals surface area contributed by atoms with Gasteiger partial charge in [-0.2, -0.15) is 0 Å². The third-order valence-corrected chi connectivity index (χ3v) is 6.29. The Hall–Kier alpha value is -3.05. The van der Waals surface area contributed by atoms with Gasteiger partial charge < -0.3 is 4.74 Å². The summed E-state index contributed by atoms with van der Waals surface area (Å²) in [5, 5.41) is 0. The first-order chi connectivity index (χ1) is 16.6. The van der Waals surface area contributed by atoms with E-state index >= 15 is 0 Å². The topological polar surface area (TPSA) is 42.4 Å². The summed E-state index contributed by atoms with van der Waals surface area (Å²) in [4.78, 5) is 20.1. The molecule has 2 heterocycles. The van der Waals surface area contributed by atoms with Gasteiger partial charge >= 0.3 is 0 Å². The molecule has 0 unspecified atom stereocenters. The zero-order chi connectivity index (χ0) is 23.8. The zero-order valence-corrected chi connectivity index (χ0v) is 19.9. The number of aryl methyl sites for hydroxylation is 1. The van der Waals surface area contributed by atoms with E-state index in [1.165, 1.54) is 31.4 Å². The standard InChI is InChI=1S/C29H33FN2O2/c1-2-34-27-14-10-23(11-15-27)28-16-12-25(31-29(28)21-32-17-4-3-5-18-32)20-26(33)13-9-22-7-6-8-24(30)19-22/h6-8,10-12,14-16,19H,2-5,9,13,17-18,20-21H2,1H3. The Morgan fingerprint density at radius 2 is 1.82 bits per heavy atom. The van der Waals surface area contributed by atoms with Crippen LogP contribution in [0.2, 0.25) is 0 Å². The van der Waals surface area contributed by atoms with Crippen LogP contribution in [0.4, 0.5) is 4.39 Å². The molecule has 0 bridgehead atoms. The minimum atomic E-state index is -0.265. The minimum absolute atomic E-state index is 0.120. The number of carbonyl (C=O) groups is 1. The highest BCUT2D eigenvalue weighted by Crippen LogP contribution is 2.27. The molecule has 2 aromatic carbocycles. The van der Waals surface area contributed by atoms with Gasteiger partial charge in [0.05, 0.1) is 12.3 Å². The van der Waals surface area contributed by atoms with E-state index < -0.39 is 0 Å². The number of hydrogen-bond donors (Lipinski definition) is 0. The Kier molecular flexibility index (Phi) is 8.42. The molecule has 1 fully saturated rings. The van der Waals surface area contributed by atoms with Gasteiger partial charge in [0.15, 0.2) is 0 Å². The van der Waals surface area contributed by atoms with Crippen molar-refractivity contribution in [2.75, 3.05) is 19.7 Å². The van der Waals surface area contributed by atoms with Crippen molar-refractivity contribution in [3.05, 3.63) is 83.4 Å². The monoisotopic (exact) mass is 460 g/mol. The number of rotatable bonds is 10. The molecule has 4 nitrogen and oxygen atoms in total. The first-order valence-electron chi connectivity index (χ1n) is 12.3. The van der Waals surface area contributed by atoms with Crippen LogP contribution < -0.4 is 4.74 Å². The molecule has 34 heavy (non-hydrogen) atoms. The number of nitrogens with zero attached hydrogens (tertiary/aromatic N) is 2. The number of likely N-dealkylation sites (tertiary alicyclic amines) is 1. The molecule has 0 radical (unpaired) electrons. The molecule has 3 aromatic rings. The van der Waals surface area contributed by atoms with E-state index in [1.54, 1.807) is 6.07 Å². The van der Waals surface area contributed by atoms with E-state index in [0.29, 0.717) is 25.9 Å². The molecule has 5 heteroatoms. The molecule has 1 aliphatic heterocycles. The molecular weight excluding hydrogens is 427 g/mol. The molecule has 0 saturated carbocycles. The molecule has 178 valence electrons. The van der Waals surface area contributed by atoms with Crippen LogP contribution in [0.5, 0.6) is 5.75 Å². The highest BCUT2D eigenvalue weighted by Gasteiger charge is 2.16. The van der Waals surface area contributed by atoms with Crippen LogP contribution in [0.25, 0.3) is 11.1 Å². The Morgan fingerprint density at radius 3 is 2.56 bits per heavy atom. The van der Waals surface area contributed by atoms with Gasteiger partial charge in [-0.05, 0) is 80.7 Å². The summed E-state index contributed by atoms with van der Waals surface area (Å²) in [6.07, 6.45) is 4.95. The summed E-state index contributed by atoms with van der Waals surface area (Å²) < 4.78 is 19.0. The second kappa shape index (κ2) is 11.9. The SMILES string of the molecule is CCOc1ccc(-c2ccc(CC(=O)CCc3cccc(F)c3)nc2CN2CCCCC2)cc1. The van der Waals surface area contributed by atoms with Crippen LogP contribution in [0.15, 0.2) is 60.7 Å². The summed E-state index contributed by atoms with van der Waals surface area (Å²) in [5.74, 6) is 0.714. The number of piperidine rings is 1. The maximum absolute atomic E-state index is 13.4. The quantitative estimate of drug-likeness (QED) is 0.371. The Bertz CT molecular complexity index is 1090. The average Bonchev–Trinajstić information content (AvgIpc) is 2.85. The van der Waals surface area contributed by atoms with Gasteiger partial charge in [0, 0.05) is 30.6 Å². The van der Waals surface area contributed by atoms with Crippen molar-refractivity contribution in [2.45, 2.75) is 52.0 Å². The van der Waals surface area contributed by atoms with Crippen molar-refractivity contribution in [1.29, 1.82) is 0 Å². The molecular formula is C29H33FN2O2. The molecule has 4 rings (SSSR count). The van der Waals surface area contributed by atoms with E-state index in [-0.39, 0.29) is 11.6 Å². The average molecular weight is 461 g/mol. The predicted molar refractivity (Wildman–Crippen MR) is 133 cm³/mol. The van der Waals surface area contributed by atoms with E-state index in [9.17, 15) is 9.18 Å². The molecule has 0 N–H and O–H groups in total. The minimum Gasteiger partial charge on any atom is -0.494 e. The van der Waals surface area contributed by atoms with Crippen LogP contribution in [-0.2, 0) is 24.2 Å². The Balaban J connectivity index is 1.50. The van der Waals surface area contributed by atoms with Crippen molar-refractivity contribution >= 4 is 5.78 Å². The lowest BCUT2D eigenvalue weighted by molar-refractivity contribution is -0.118. The molecule has 1 aliphatic rings. The van der Waals surface area contributed by atoms with Crippen LogP contribution in [0.3, 0.4) is 0 Å². The molecule has 1 saturated heterocycles. The predicted octanol–water partition coefficient (Wildman–Crippen LogP) is 6.02. The van der Waals surface area contributed by atoms with E-state index in [1.807, 2.05) is 31.2 Å². The van der Waals surface area contributed by atoms with Gasteiger partial charge in [-0.25, -0.2) is 4.39 Å². The molecule has 0 spiro atoms. The molecule has 1 aromatic heterocycles. The summed E-state index contributed by atoms with van der Waals surface area (Å²) in [6.45, 7) is 5.58. The lowest BCUT2D eigenvalue weighted by Crippen LogP contribution is -2.29. The van der Waals surface area contributed by atoms with Crippen molar-refractivity contribution in [3.63, 3.8) is 0 Å². The Labute approximate surface area is 201 Å². The number of ketones is 1. The lowest BCUT2D eigenvalue weighted by atomic mass is 10.0. The normalized spacial score (nSPS) is 14.2. The maximum atomic E-state index is 13.4. The summed E-state index contributed by atoms with van der Waals surface area (Å²) in [7, 11) is 0. The number of carbonyl (C=O) groups excluding carboxylic acids is 1. The van der Waals surface area contributed by atoms with Crippen molar-refractivity contribution in [3.8, 4) is 16.9 Å². The second-order valence-electron chi connectivity index (χ2n) is 8.94. The van der Waals surface area contributed by atoms with E-state index in [0.717, 1.165) is 53.5 Å². The number of pyridine rings is 1. The third-order valence-electron chi connectivity index (χ3n) is 6.29. The molecule has 0 aliphatic carbocycles. The summed E-state index contributed by atoms with van der Waals surface area (Å²) in [6, 6.07) is 18.7. The van der Waals surface area contributed by atoms with Crippen molar-refractivity contribution in [1.82, 2.24) is 9.88 Å². The van der Waals surface area contributed by atoms with Crippen LogP contribution in [-0.4, -0.2) is 35.4 Å².